The van der Waals surface area contributed by atoms with Crippen LogP contribution in [0.2, 0.25) is 0 Å². The number of methoxy groups -OCH3 is 2. The smallest absolute Gasteiger partial charge is 0.161 e. The van der Waals surface area contributed by atoms with E-state index in [9.17, 15) is 0 Å². The van der Waals surface area contributed by atoms with Gasteiger partial charge in [-0.3, -0.25) is 0 Å². The molecule has 31 heavy (non-hydrogen) atoms. The van der Waals surface area contributed by atoms with Gasteiger partial charge in [-0.05, 0) is 67.6 Å². The zero-order valence-corrected chi connectivity index (χ0v) is 19.1. The lowest BCUT2D eigenvalue weighted by Crippen LogP contribution is -2.04. The van der Waals surface area contributed by atoms with E-state index in [1.165, 1.54) is 0 Å². The molecule has 3 aromatic carbocycles. The number of hydrogen-bond donors (Lipinski definition) is 0. The number of halogens is 1. The van der Waals surface area contributed by atoms with Crippen molar-refractivity contribution >= 4 is 32.6 Å². The lowest BCUT2D eigenvalue weighted by atomic mass is 10.1. The first-order valence-electron chi connectivity index (χ1n) is 9.84. The van der Waals surface area contributed by atoms with E-state index in [0.29, 0.717) is 29.4 Å². The van der Waals surface area contributed by atoms with Crippen LogP contribution in [0.1, 0.15) is 6.92 Å². The Kier molecular flexibility index (Phi) is 6.28. The summed E-state index contributed by atoms with van der Waals surface area (Å²) in [7, 11) is 3.23. The molecular weight excluding hydrogens is 458 g/mol. The van der Waals surface area contributed by atoms with Gasteiger partial charge in [-0.2, -0.15) is 0 Å². The van der Waals surface area contributed by atoms with Gasteiger partial charge >= 0.3 is 0 Å². The highest BCUT2D eigenvalue weighted by Gasteiger charge is 2.11. The van der Waals surface area contributed by atoms with E-state index in [1.807, 2.05) is 73.7 Å². The van der Waals surface area contributed by atoms with Gasteiger partial charge < -0.3 is 18.6 Å². The van der Waals surface area contributed by atoms with E-state index in [2.05, 4.69) is 15.9 Å². The molecule has 1 heterocycles. The summed E-state index contributed by atoms with van der Waals surface area (Å²) in [5, 5.41) is 1.66. The largest absolute Gasteiger partial charge is 0.494 e. The number of rotatable bonds is 6. The van der Waals surface area contributed by atoms with E-state index in [4.69, 9.17) is 23.6 Å². The predicted octanol–water partition coefficient (Wildman–Crippen LogP) is 6.51. The summed E-state index contributed by atoms with van der Waals surface area (Å²) in [5.41, 5.74) is 2.42. The molecule has 158 valence electrons. The average molecular weight is 480 g/mol. The topological polar surface area (TPSA) is 53.2 Å². The molecule has 0 unspecified atom stereocenters. The van der Waals surface area contributed by atoms with Crippen molar-refractivity contribution in [3.05, 3.63) is 76.6 Å². The van der Waals surface area contributed by atoms with Crippen molar-refractivity contribution in [3.8, 4) is 28.6 Å². The fourth-order valence-electron chi connectivity index (χ4n) is 3.28. The van der Waals surface area contributed by atoms with Gasteiger partial charge in [0, 0.05) is 21.5 Å². The Bertz CT molecular complexity index is 1280. The Morgan fingerprint density at radius 2 is 1.65 bits per heavy atom. The normalized spacial score (nSPS) is 11.5. The van der Waals surface area contributed by atoms with E-state index >= 15 is 0 Å². The molecule has 0 amide bonds. The molecule has 4 aromatic rings. The summed E-state index contributed by atoms with van der Waals surface area (Å²) >= 11 is 3.47. The minimum Gasteiger partial charge on any atom is -0.494 e. The molecule has 0 saturated heterocycles. The first kappa shape index (κ1) is 21.0. The SMILES string of the molecule is CCOc1ccc2oc(-c3ccc(OC)c(OC)c3)cc(=Nc3ccc(Br)cc3)c2c1. The maximum atomic E-state index is 6.23. The highest BCUT2D eigenvalue weighted by Crippen LogP contribution is 2.33. The number of ether oxygens (including phenoxy) is 3. The fourth-order valence-corrected chi connectivity index (χ4v) is 3.55. The monoisotopic (exact) mass is 479 g/mol. The van der Waals surface area contributed by atoms with Crippen molar-refractivity contribution < 1.29 is 18.6 Å². The second kappa shape index (κ2) is 9.27. The van der Waals surface area contributed by atoms with Gasteiger partial charge in [0.1, 0.15) is 17.1 Å². The first-order valence-corrected chi connectivity index (χ1v) is 10.6. The maximum absolute atomic E-state index is 6.23. The first-order chi connectivity index (χ1) is 15.1. The van der Waals surface area contributed by atoms with Crippen molar-refractivity contribution in [1.29, 1.82) is 0 Å². The van der Waals surface area contributed by atoms with Crippen molar-refractivity contribution in [2.75, 3.05) is 20.8 Å². The minimum atomic E-state index is 0.589. The number of hydrogen-bond acceptors (Lipinski definition) is 5. The molecule has 0 spiro atoms. The summed E-state index contributed by atoms with van der Waals surface area (Å²) in [6, 6.07) is 21.2. The van der Waals surface area contributed by atoms with E-state index in [-0.39, 0.29) is 0 Å². The second-order valence-electron chi connectivity index (χ2n) is 6.74. The summed E-state index contributed by atoms with van der Waals surface area (Å²) in [6.45, 7) is 2.55. The van der Waals surface area contributed by atoms with E-state index in [0.717, 1.165) is 32.2 Å². The van der Waals surface area contributed by atoms with Gasteiger partial charge in [0.25, 0.3) is 0 Å². The van der Waals surface area contributed by atoms with Crippen molar-refractivity contribution in [3.63, 3.8) is 0 Å². The molecule has 6 heteroatoms. The second-order valence-corrected chi connectivity index (χ2v) is 7.66. The summed E-state index contributed by atoms with van der Waals surface area (Å²) in [4.78, 5) is 4.88. The third-order valence-electron chi connectivity index (χ3n) is 4.77. The number of benzene rings is 3. The van der Waals surface area contributed by atoms with Crippen LogP contribution in [0.4, 0.5) is 5.69 Å². The van der Waals surface area contributed by atoms with Crippen LogP contribution in [0, 0.1) is 0 Å². The van der Waals surface area contributed by atoms with E-state index in [1.54, 1.807) is 14.2 Å². The molecule has 0 aliphatic rings. The predicted molar refractivity (Wildman–Crippen MR) is 125 cm³/mol. The summed E-state index contributed by atoms with van der Waals surface area (Å²) in [6.07, 6.45) is 0. The molecule has 1 aromatic heterocycles. The third kappa shape index (κ3) is 4.59. The molecule has 0 aliphatic carbocycles. The summed E-state index contributed by atoms with van der Waals surface area (Å²) < 4.78 is 23.7. The molecule has 4 rings (SSSR count). The highest BCUT2D eigenvalue weighted by atomic mass is 79.9. The van der Waals surface area contributed by atoms with Crippen LogP contribution >= 0.6 is 15.9 Å². The van der Waals surface area contributed by atoms with Crippen LogP contribution in [-0.2, 0) is 0 Å². The van der Waals surface area contributed by atoms with Crippen molar-refractivity contribution in [2.45, 2.75) is 6.92 Å². The van der Waals surface area contributed by atoms with Crippen LogP contribution < -0.4 is 19.6 Å². The quantitative estimate of drug-likeness (QED) is 0.316. The Morgan fingerprint density at radius 3 is 2.35 bits per heavy atom. The highest BCUT2D eigenvalue weighted by molar-refractivity contribution is 9.10. The van der Waals surface area contributed by atoms with Gasteiger partial charge in [0.05, 0.1) is 31.9 Å². The third-order valence-corrected chi connectivity index (χ3v) is 5.30. The van der Waals surface area contributed by atoms with Crippen LogP contribution in [-0.4, -0.2) is 20.8 Å². The molecule has 0 N–H and O–H groups in total. The Balaban J connectivity index is 1.94. The zero-order valence-electron chi connectivity index (χ0n) is 17.5. The van der Waals surface area contributed by atoms with E-state index < -0.39 is 0 Å². The Hall–Kier alpha value is -3.25. The van der Waals surface area contributed by atoms with Crippen LogP contribution in [0.15, 0.2) is 80.6 Å². The zero-order chi connectivity index (χ0) is 21.8. The lowest BCUT2D eigenvalue weighted by Gasteiger charge is -2.11. The molecule has 0 radical (unpaired) electrons. The van der Waals surface area contributed by atoms with Crippen LogP contribution in [0.25, 0.3) is 22.3 Å². The number of fused-ring (bicyclic) bond motifs is 1. The Morgan fingerprint density at radius 1 is 0.871 bits per heavy atom. The Labute approximate surface area is 189 Å². The average Bonchev–Trinajstić information content (AvgIpc) is 2.80. The fraction of sp³-hybridized carbons (Fsp3) is 0.160. The van der Waals surface area contributed by atoms with Gasteiger partial charge in [0.2, 0.25) is 0 Å². The standard InChI is InChI=1S/C25H22BrNO4/c1-4-30-19-10-12-22-20(14-19)21(27-18-8-6-17(26)7-9-18)15-24(31-22)16-5-11-23(28-2)25(13-16)29-3/h5-15H,4H2,1-3H3. The molecule has 0 atom stereocenters. The molecule has 0 fully saturated rings. The van der Waals surface area contributed by atoms with Crippen molar-refractivity contribution in [2.24, 2.45) is 4.99 Å². The molecule has 0 aliphatic heterocycles. The van der Waals surface area contributed by atoms with Crippen molar-refractivity contribution in [1.82, 2.24) is 0 Å². The minimum absolute atomic E-state index is 0.589. The molecule has 5 nitrogen and oxygen atoms in total. The van der Waals surface area contributed by atoms with Crippen LogP contribution in [0.3, 0.4) is 0 Å². The van der Waals surface area contributed by atoms with Gasteiger partial charge in [-0.1, -0.05) is 15.9 Å². The molecular formula is C25H22BrNO4. The number of nitrogens with zero attached hydrogens (tertiary/aromatic N) is 1. The maximum Gasteiger partial charge on any atom is 0.161 e. The molecule has 0 saturated carbocycles. The van der Waals surface area contributed by atoms with Gasteiger partial charge in [0.15, 0.2) is 11.5 Å². The van der Waals surface area contributed by atoms with Gasteiger partial charge in [-0.25, -0.2) is 4.99 Å². The molecule has 0 bridgehead atoms. The van der Waals surface area contributed by atoms with Gasteiger partial charge in [-0.15, -0.1) is 0 Å². The lowest BCUT2D eigenvalue weighted by molar-refractivity contribution is 0.340. The summed E-state index contributed by atoms with van der Waals surface area (Å²) in [5.74, 6) is 2.74. The van der Waals surface area contributed by atoms with Crippen LogP contribution in [0.5, 0.6) is 17.2 Å².